The van der Waals surface area contributed by atoms with E-state index in [1.54, 1.807) is 67.6 Å². The number of carboxylic acid groups (broad SMARTS) is 1. The number of quaternary nitrogens is 1. The van der Waals surface area contributed by atoms with Crippen LogP contribution in [-0.2, 0) is 14.8 Å². The number of hydrogen-bond acceptors (Lipinski definition) is 6. The number of benzene rings is 2. The summed E-state index contributed by atoms with van der Waals surface area (Å²) in [5.41, 5.74) is 2.71. The van der Waals surface area contributed by atoms with Crippen molar-refractivity contribution in [2.24, 2.45) is 0 Å². The van der Waals surface area contributed by atoms with Crippen LogP contribution in [0.3, 0.4) is 0 Å². The van der Waals surface area contributed by atoms with Crippen LogP contribution in [0.25, 0.3) is 11.1 Å². The summed E-state index contributed by atoms with van der Waals surface area (Å²) in [6.45, 7) is 1.81. The van der Waals surface area contributed by atoms with Crippen molar-refractivity contribution >= 4 is 45.1 Å². The average molecular weight is 512 g/mol. The number of aromatic nitrogens is 1. The standard InChI is InChI=1S/C25H26N4O6S/c1-17-16-29(25(31)32,23-7-5-6-14-26-23)22-15-19(10-13-21(22)28(17)24(30)35-3)18-8-11-20(12-9-18)27(2)36(4,33)34/h5-15,17H,16H2,1-4H3/p+1/t17-,29?/m0/s1. The number of pyridine rings is 1. The van der Waals surface area contributed by atoms with Gasteiger partial charge in [-0.15, -0.1) is 4.48 Å². The van der Waals surface area contributed by atoms with Crippen molar-refractivity contribution in [3.8, 4) is 11.1 Å². The quantitative estimate of drug-likeness (QED) is 0.515. The third-order valence-electron chi connectivity index (χ3n) is 6.43. The zero-order valence-corrected chi connectivity index (χ0v) is 21.1. The first-order valence-electron chi connectivity index (χ1n) is 11.1. The number of hydrogen-bond donors (Lipinski definition) is 1. The first-order chi connectivity index (χ1) is 17.0. The van der Waals surface area contributed by atoms with Crippen LogP contribution in [0, 0.1) is 0 Å². The van der Waals surface area contributed by atoms with Gasteiger partial charge in [0.15, 0.2) is 5.69 Å². The minimum absolute atomic E-state index is 0.0377. The molecule has 3 aromatic rings. The van der Waals surface area contributed by atoms with Crippen LogP contribution >= 0.6 is 0 Å². The van der Waals surface area contributed by atoms with Gasteiger partial charge in [0.1, 0.15) is 12.2 Å². The van der Waals surface area contributed by atoms with Crippen LogP contribution < -0.4 is 13.7 Å². The molecule has 10 nitrogen and oxygen atoms in total. The fourth-order valence-electron chi connectivity index (χ4n) is 4.53. The Morgan fingerprint density at radius 1 is 1.11 bits per heavy atom. The molecule has 1 aliphatic heterocycles. The molecule has 2 amide bonds. The van der Waals surface area contributed by atoms with E-state index in [0.29, 0.717) is 28.4 Å². The molecule has 0 fully saturated rings. The lowest BCUT2D eigenvalue weighted by atomic mass is 9.99. The number of ether oxygens (including phenoxy) is 1. The molecule has 11 heteroatoms. The summed E-state index contributed by atoms with van der Waals surface area (Å²) >= 11 is 0. The van der Waals surface area contributed by atoms with E-state index in [1.165, 1.54) is 29.6 Å². The molecule has 36 heavy (non-hydrogen) atoms. The molecule has 1 N–H and O–H groups in total. The normalized spacial score (nSPS) is 19.3. The molecule has 0 saturated heterocycles. The van der Waals surface area contributed by atoms with Crippen molar-refractivity contribution in [3.63, 3.8) is 0 Å². The summed E-state index contributed by atoms with van der Waals surface area (Å²) in [4.78, 5) is 31.4. The first-order valence-corrected chi connectivity index (χ1v) is 12.9. The molecular formula is C25H27N4O6S+. The van der Waals surface area contributed by atoms with Gasteiger partial charge in [-0.25, -0.2) is 18.2 Å². The number of rotatable bonds is 4. The van der Waals surface area contributed by atoms with E-state index in [2.05, 4.69) is 4.98 Å². The third kappa shape index (κ3) is 4.16. The number of amides is 2. The molecule has 0 radical (unpaired) electrons. The van der Waals surface area contributed by atoms with Gasteiger partial charge in [0.25, 0.3) is 0 Å². The number of carbonyl (C=O) groups is 2. The average Bonchev–Trinajstić information content (AvgIpc) is 2.87. The molecule has 0 aliphatic carbocycles. The summed E-state index contributed by atoms with van der Waals surface area (Å²) in [5.74, 6) is 0.310. The second-order valence-corrected chi connectivity index (χ2v) is 10.6. The van der Waals surface area contributed by atoms with Crippen molar-refractivity contribution in [3.05, 3.63) is 66.9 Å². The maximum atomic E-state index is 12.9. The summed E-state index contributed by atoms with van der Waals surface area (Å²) in [6.07, 6.45) is 0.942. The number of anilines is 2. The van der Waals surface area contributed by atoms with Crippen LogP contribution in [0.5, 0.6) is 0 Å². The molecule has 1 unspecified atom stereocenters. The van der Waals surface area contributed by atoms with Gasteiger partial charge in [0.05, 0.1) is 25.1 Å². The zero-order valence-electron chi connectivity index (χ0n) is 20.3. The second kappa shape index (κ2) is 9.25. The smallest absolute Gasteiger partial charge is 0.452 e. The summed E-state index contributed by atoms with van der Waals surface area (Å²) in [7, 11) is -0.662. The van der Waals surface area contributed by atoms with Crippen LogP contribution in [0.2, 0.25) is 0 Å². The van der Waals surface area contributed by atoms with Crippen molar-refractivity contribution in [2.75, 3.05) is 36.2 Å². The fourth-order valence-corrected chi connectivity index (χ4v) is 5.04. The maximum absolute atomic E-state index is 12.9. The highest BCUT2D eigenvalue weighted by Crippen LogP contribution is 2.47. The number of carbonyl (C=O) groups excluding carboxylic acids is 1. The Kier molecular flexibility index (Phi) is 6.46. The minimum atomic E-state index is -3.41. The zero-order chi connectivity index (χ0) is 26.3. The number of fused-ring (bicyclic) bond motifs is 1. The van der Waals surface area contributed by atoms with Crippen LogP contribution in [-0.4, -0.2) is 63.7 Å². The Morgan fingerprint density at radius 2 is 1.78 bits per heavy atom. The lowest BCUT2D eigenvalue weighted by Crippen LogP contribution is -2.61. The van der Waals surface area contributed by atoms with E-state index in [0.717, 1.165) is 11.8 Å². The summed E-state index contributed by atoms with van der Waals surface area (Å²) in [6, 6.07) is 16.7. The Hall–Kier alpha value is -3.96. The van der Waals surface area contributed by atoms with Crippen molar-refractivity contribution in [2.45, 2.75) is 13.0 Å². The lowest BCUT2D eigenvalue weighted by Gasteiger charge is -2.42. The molecule has 0 bridgehead atoms. The highest BCUT2D eigenvalue weighted by atomic mass is 32.2. The van der Waals surface area contributed by atoms with Gasteiger partial charge >= 0.3 is 12.2 Å². The van der Waals surface area contributed by atoms with Crippen molar-refractivity contribution < 1.29 is 27.9 Å². The largest absolute Gasteiger partial charge is 0.525 e. The van der Waals surface area contributed by atoms with Gasteiger partial charge in [-0.1, -0.05) is 24.3 Å². The predicted molar refractivity (Wildman–Crippen MR) is 138 cm³/mol. The highest BCUT2D eigenvalue weighted by Gasteiger charge is 2.53. The van der Waals surface area contributed by atoms with Crippen LogP contribution in [0.15, 0.2) is 66.9 Å². The topological polar surface area (TPSA) is 117 Å². The van der Waals surface area contributed by atoms with Gasteiger partial charge in [0, 0.05) is 25.4 Å². The van der Waals surface area contributed by atoms with E-state index in [4.69, 9.17) is 4.74 Å². The lowest BCUT2D eigenvalue weighted by molar-refractivity contribution is 0.154. The molecule has 2 aromatic carbocycles. The summed E-state index contributed by atoms with van der Waals surface area (Å²) in [5, 5.41) is 10.6. The van der Waals surface area contributed by atoms with E-state index in [9.17, 15) is 23.1 Å². The molecule has 4 rings (SSSR count). The maximum Gasteiger partial charge on any atom is 0.525 e. The van der Waals surface area contributed by atoms with Gasteiger partial charge < -0.3 is 9.84 Å². The molecular weight excluding hydrogens is 484 g/mol. The Balaban J connectivity index is 1.92. The van der Waals surface area contributed by atoms with E-state index < -0.39 is 32.7 Å². The Labute approximate surface area is 209 Å². The fraction of sp³-hybridized carbons (Fsp3) is 0.240. The predicted octanol–water partition coefficient (Wildman–Crippen LogP) is 4.44. The molecule has 188 valence electrons. The van der Waals surface area contributed by atoms with E-state index in [-0.39, 0.29) is 6.54 Å². The van der Waals surface area contributed by atoms with Crippen LogP contribution in [0.4, 0.5) is 32.5 Å². The second-order valence-electron chi connectivity index (χ2n) is 8.63. The molecule has 0 saturated carbocycles. The van der Waals surface area contributed by atoms with Gasteiger partial charge in [-0.3, -0.25) is 9.21 Å². The van der Waals surface area contributed by atoms with E-state index >= 15 is 0 Å². The molecule has 1 aliphatic rings. The molecule has 2 heterocycles. The Morgan fingerprint density at radius 3 is 2.33 bits per heavy atom. The third-order valence-corrected chi connectivity index (χ3v) is 7.63. The molecule has 2 atom stereocenters. The van der Waals surface area contributed by atoms with Gasteiger partial charge in [-0.2, -0.15) is 4.79 Å². The van der Waals surface area contributed by atoms with Crippen molar-refractivity contribution in [1.82, 2.24) is 9.47 Å². The first kappa shape index (κ1) is 25.1. The minimum Gasteiger partial charge on any atom is -0.452 e. The monoisotopic (exact) mass is 511 g/mol. The SMILES string of the molecule is COC(=O)N1c2ccc(-c3ccc(N(C)S(C)(=O)=O)cc3)cc2[N+](C(=O)O)(c2ccccn2)C[C@@H]1C. The van der Waals surface area contributed by atoms with Crippen LogP contribution in [0.1, 0.15) is 6.92 Å². The number of methoxy groups -OCH3 is 1. The van der Waals surface area contributed by atoms with Crippen molar-refractivity contribution in [1.29, 1.82) is 0 Å². The molecule has 1 aromatic heterocycles. The number of sulfonamides is 1. The number of nitrogens with zero attached hydrogens (tertiary/aromatic N) is 4. The Bertz CT molecular complexity index is 1410. The molecule has 0 spiro atoms. The van der Waals surface area contributed by atoms with Gasteiger partial charge in [-0.05, 0) is 42.3 Å². The van der Waals surface area contributed by atoms with Gasteiger partial charge in [0.2, 0.25) is 15.8 Å². The summed E-state index contributed by atoms with van der Waals surface area (Å²) < 4.78 is 29.3. The van der Waals surface area contributed by atoms with E-state index in [1.807, 2.05) is 0 Å². The highest BCUT2D eigenvalue weighted by molar-refractivity contribution is 7.92.